The summed E-state index contributed by atoms with van der Waals surface area (Å²) in [6.45, 7) is 8.78. The average Bonchev–Trinajstić information content (AvgIpc) is 2.12. The summed E-state index contributed by atoms with van der Waals surface area (Å²) in [4.78, 5) is 0. The standard InChI is InChI=1S/C14H25/c1-5-6-7-8-11-14(4)12-9-10-13(2)3/h7,10-11H,5-6,8-9,12H2,1-4H3/b14-11+. The van der Waals surface area contributed by atoms with Crippen LogP contribution in [0.1, 0.15) is 59.8 Å². The molecule has 0 nitrogen and oxygen atoms in total. The van der Waals surface area contributed by atoms with E-state index in [0.717, 1.165) is 6.42 Å². The number of hydrogen-bond donors (Lipinski definition) is 0. The molecule has 0 aromatic carbocycles. The molecular formula is C14H25. The summed E-state index contributed by atoms with van der Waals surface area (Å²) < 4.78 is 0. The van der Waals surface area contributed by atoms with Crippen molar-refractivity contribution in [2.75, 3.05) is 0 Å². The summed E-state index contributed by atoms with van der Waals surface area (Å²) in [5.41, 5.74) is 2.95. The van der Waals surface area contributed by atoms with Gasteiger partial charge >= 0.3 is 0 Å². The first-order valence-corrected chi connectivity index (χ1v) is 5.77. The van der Waals surface area contributed by atoms with Crippen LogP contribution in [0.5, 0.6) is 0 Å². The van der Waals surface area contributed by atoms with Crippen molar-refractivity contribution in [2.45, 2.75) is 59.8 Å². The molecule has 0 amide bonds. The summed E-state index contributed by atoms with van der Waals surface area (Å²) in [6, 6.07) is 0. The quantitative estimate of drug-likeness (QED) is 0.391. The van der Waals surface area contributed by atoms with Gasteiger partial charge in [0.15, 0.2) is 0 Å². The van der Waals surface area contributed by atoms with Crippen LogP contribution in [0, 0.1) is 6.42 Å². The lowest BCUT2D eigenvalue weighted by Gasteiger charge is -1.99. The molecule has 0 aromatic rings. The van der Waals surface area contributed by atoms with Gasteiger partial charge in [0.25, 0.3) is 0 Å². The second-order valence-corrected chi connectivity index (χ2v) is 4.18. The van der Waals surface area contributed by atoms with Crippen molar-refractivity contribution in [3.05, 3.63) is 29.7 Å². The fourth-order valence-corrected chi connectivity index (χ4v) is 1.30. The van der Waals surface area contributed by atoms with Crippen LogP contribution < -0.4 is 0 Å². The van der Waals surface area contributed by atoms with Gasteiger partial charge in [-0.2, -0.15) is 0 Å². The number of unbranched alkanes of at least 4 members (excludes halogenated alkanes) is 3. The molecule has 0 aliphatic carbocycles. The zero-order valence-electron chi connectivity index (χ0n) is 10.3. The molecule has 0 unspecified atom stereocenters. The monoisotopic (exact) mass is 193 g/mol. The molecule has 0 fully saturated rings. The summed E-state index contributed by atoms with van der Waals surface area (Å²) in [5.74, 6) is 0. The first-order valence-electron chi connectivity index (χ1n) is 5.77. The van der Waals surface area contributed by atoms with Crippen LogP contribution in [0.25, 0.3) is 0 Å². The van der Waals surface area contributed by atoms with E-state index in [1.54, 1.807) is 0 Å². The Morgan fingerprint density at radius 2 is 1.71 bits per heavy atom. The fourth-order valence-electron chi connectivity index (χ4n) is 1.30. The van der Waals surface area contributed by atoms with Crippen LogP contribution in [0.15, 0.2) is 23.3 Å². The first kappa shape index (κ1) is 13.5. The molecule has 0 aliphatic rings. The average molecular weight is 193 g/mol. The predicted octanol–water partition coefficient (Wildman–Crippen LogP) is 5.07. The van der Waals surface area contributed by atoms with E-state index in [1.807, 2.05) is 0 Å². The Hall–Kier alpha value is -0.520. The SMILES string of the molecule is CCC[CH]C/C=C(\C)CCC=C(C)C. The molecule has 14 heavy (non-hydrogen) atoms. The number of hydrogen-bond acceptors (Lipinski definition) is 0. The van der Waals surface area contributed by atoms with Gasteiger partial charge < -0.3 is 0 Å². The van der Waals surface area contributed by atoms with Gasteiger partial charge in [-0.1, -0.05) is 43.1 Å². The van der Waals surface area contributed by atoms with Crippen LogP contribution in [0.3, 0.4) is 0 Å². The Morgan fingerprint density at radius 3 is 2.29 bits per heavy atom. The summed E-state index contributed by atoms with van der Waals surface area (Å²) in [6.07, 6.45) is 13.1. The molecule has 0 saturated carbocycles. The van der Waals surface area contributed by atoms with Crippen molar-refractivity contribution < 1.29 is 0 Å². The Kier molecular flexibility index (Phi) is 8.72. The van der Waals surface area contributed by atoms with Gasteiger partial charge in [-0.05, 0) is 46.5 Å². The molecule has 0 N–H and O–H groups in total. The highest BCUT2D eigenvalue weighted by atomic mass is 14.0. The number of allylic oxidation sites excluding steroid dienone is 4. The van der Waals surface area contributed by atoms with Crippen LogP contribution in [-0.2, 0) is 0 Å². The second kappa shape index (κ2) is 9.05. The maximum atomic E-state index is 2.37. The molecule has 0 rings (SSSR count). The van der Waals surface area contributed by atoms with Crippen LogP contribution in [-0.4, -0.2) is 0 Å². The fraction of sp³-hybridized carbons (Fsp3) is 0.643. The third-order valence-corrected chi connectivity index (χ3v) is 2.22. The van der Waals surface area contributed by atoms with Crippen LogP contribution in [0.2, 0.25) is 0 Å². The molecule has 0 spiro atoms. The highest BCUT2D eigenvalue weighted by Crippen LogP contribution is 2.09. The van der Waals surface area contributed by atoms with Crippen LogP contribution in [0.4, 0.5) is 0 Å². The largest absolute Gasteiger partial charge is 0.0856 e. The molecule has 0 bridgehead atoms. The maximum absolute atomic E-state index is 2.37. The Labute approximate surface area is 90.1 Å². The smallest absolute Gasteiger partial charge is 0.0288 e. The molecule has 0 aliphatic heterocycles. The topological polar surface area (TPSA) is 0 Å². The van der Waals surface area contributed by atoms with E-state index in [-0.39, 0.29) is 0 Å². The number of rotatable bonds is 7. The third-order valence-electron chi connectivity index (χ3n) is 2.22. The van der Waals surface area contributed by atoms with E-state index in [9.17, 15) is 0 Å². The minimum Gasteiger partial charge on any atom is -0.0856 e. The van der Waals surface area contributed by atoms with E-state index in [4.69, 9.17) is 0 Å². The Morgan fingerprint density at radius 1 is 1.00 bits per heavy atom. The van der Waals surface area contributed by atoms with Gasteiger partial charge in [0.05, 0.1) is 0 Å². The van der Waals surface area contributed by atoms with Crippen molar-refractivity contribution in [3.8, 4) is 0 Å². The van der Waals surface area contributed by atoms with Gasteiger partial charge in [0.2, 0.25) is 0 Å². The van der Waals surface area contributed by atoms with Gasteiger partial charge in [-0.25, -0.2) is 0 Å². The first-order chi connectivity index (χ1) is 6.66. The van der Waals surface area contributed by atoms with Crippen molar-refractivity contribution in [3.63, 3.8) is 0 Å². The molecule has 1 radical (unpaired) electrons. The van der Waals surface area contributed by atoms with E-state index in [0.29, 0.717) is 0 Å². The van der Waals surface area contributed by atoms with Gasteiger partial charge in [0, 0.05) is 0 Å². The van der Waals surface area contributed by atoms with Gasteiger partial charge in [0.1, 0.15) is 0 Å². The molecule has 0 heteroatoms. The molecule has 0 atom stereocenters. The summed E-state index contributed by atoms with van der Waals surface area (Å²) in [5, 5.41) is 0. The van der Waals surface area contributed by atoms with Crippen molar-refractivity contribution in [2.24, 2.45) is 0 Å². The molecule has 81 valence electrons. The zero-order valence-corrected chi connectivity index (χ0v) is 10.3. The highest BCUT2D eigenvalue weighted by Gasteiger charge is 1.89. The van der Waals surface area contributed by atoms with E-state index in [1.165, 1.54) is 36.8 Å². The van der Waals surface area contributed by atoms with E-state index in [2.05, 4.69) is 46.3 Å². The van der Waals surface area contributed by atoms with Crippen molar-refractivity contribution >= 4 is 0 Å². The summed E-state index contributed by atoms with van der Waals surface area (Å²) >= 11 is 0. The molecule has 0 aromatic heterocycles. The zero-order chi connectivity index (χ0) is 10.8. The molecular weight excluding hydrogens is 168 g/mol. The normalized spacial score (nSPS) is 11.6. The Bertz CT molecular complexity index is 180. The maximum Gasteiger partial charge on any atom is -0.0288 e. The van der Waals surface area contributed by atoms with E-state index < -0.39 is 0 Å². The minimum atomic E-state index is 1.15. The lowest BCUT2D eigenvalue weighted by Crippen LogP contribution is -1.79. The van der Waals surface area contributed by atoms with Crippen molar-refractivity contribution in [1.29, 1.82) is 0 Å². The lowest BCUT2D eigenvalue weighted by molar-refractivity contribution is 0.866. The van der Waals surface area contributed by atoms with Gasteiger partial charge in [-0.15, -0.1) is 0 Å². The third kappa shape index (κ3) is 9.57. The predicted molar refractivity (Wildman–Crippen MR) is 66.2 cm³/mol. The summed E-state index contributed by atoms with van der Waals surface area (Å²) in [7, 11) is 0. The van der Waals surface area contributed by atoms with E-state index >= 15 is 0 Å². The second-order valence-electron chi connectivity index (χ2n) is 4.18. The van der Waals surface area contributed by atoms with Crippen molar-refractivity contribution in [1.82, 2.24) is 0 Å². The van der Waals surface area contributed by atoms with Crippen LogP contribution >= 0.6 is 0 Å². The molecule has 0 saturated heterocycles. The highest BCUT2D eigenvalue weighted by molar-refractivity contribution is 5.03. The molecule has 0 heterocycles. The lowest BCUT2D eigenvalue weighted by atomic mass is 10.1. The Balaban J connectivity index is 3.52. The van der Waals surface area contributed by atoms with Gasteiger partial charge in [-0.3, -0.25) is 0 Å². The minimum absolute atomic E-state index is 1.15.